The molecule has 26 heavy (non-hydrogen) atoms. The SMILES string of the molecule is CN(C)CCC(Oc1cccc(Cl)c1)c1ccccc1.O=C(O)C(=O)O. The predicted octanol–water partition coefficient (Wildman–Crippen LogP) is 3.57. The highest BCUT2D eigenvalue weighted by Crippen LogP contribution is 2.26. The van der Waals surface area contributed by atoms with Gasteiger partial charge in [-0.25, -0.2) is 9.59 Å². The van der Waals surface area contributed by atoms with Crippen molar-refractivity contribution in [2.45, 2.75) is 12.5 Å². The zero-order valence-corrected chi connectivity index (χ0v) is 15.4. The number of halogens is 1. The van der Waals surface area contributed by atoms with E-state index in [9.17, 15) is 0 Å². The molecule has 2 aromatic rings. The average Bonchev–Trinajstić information content (AvgIpc) is 2.59. The first-order valence-electron chi connectivity index (χ1n) is 7.87. The van der Waals surface area contributed by atoms with Crippen molar-refractivity contribution in [2.24, 2.45) is 0 Å². The van der Waals surface area contributed by atoms with Crippen molar-refractivity contribution >= 4 is 23.5 Å². The van der Waals surface area contributed by atoms with Gasteiger partial charge in [-0.15, -0.1) is 0 Å². The summed E-state index contributed by atoms with van der Waals surface area (Å²) in [6.45, 7) is 0.972. The van der Waals surface area contributed by atoms with Crippen LogP contribution in [-0.2, 0) is 9.59 Å². The summed E-state index contributed by atoms with van der Waals surface area (Å²) in [6.07, 6.45) is 0.973. The first-order chi connectivity index (χ1) is 12.3. The monoisotopic (exact) mass is 379 g/mol. The van der Waals surface area contributed by atoms with E-state index < -0.39 is 11.9 Å². The minimum Gasteiger partial charge on any atom is -0.486 e. The minimum atomic E-state index is -1.82. The highest BCUT2D eigenvalue weighted by Gasteiger charge is 2.13. The second-order valence-corrected chi connectivity index (χ2v) is 6.11. The number of hydrogen-bond donors (Lipinski definition) is 2. The number of benzene rings is 2. The molecule has 0 heterocycles. The molecule has 0 spiro atoms. The van der Waals surface area contributed by atoms with Crippen LogP contribution in [0, 0.1) is 0 Å². The van der Waals surface area contributed by atoms with Gasteiger partial charge in [-0.3, -0.25) is 0 Å². The molecule has 0 aliphatic heterocycles. The number of ether oxygens (including phenoxy) is 1. The number of carbonyl (C=O) groups is 2. The van der Waals surface area contributed by atoms with Gasteiger partial charge in [-0.1, -0.05) is 48.0 Å². The van der Waals surface area contributed by atoms with Crippen molar-refractivity contribution in [3.8, 4) is 5.75 Å². The van der Waals surface area contributed by atoms with Gasteiger partial charge in [0.25, 0.3) is 0 Å². The first kappa shape index (κ1) is 21.5. The molecule has 0 saturated heterocycles. The maximum Gasteiger partial charge on any atom is 0.414 e. The third-order valence-electron chi connectivity index (χ3n) is 3.27. The number of carboxylic acid groups (broad SMARTS) is 2. The van der Waals surface area contributed by atoms with Crippen molar-refractivity contribution < 1.29 is 24.5 Å². The molecule has 2 rings (SSSR count). The Kier molecular flexibility index (Phi) is 9.19. The van der Waals surface area contributed by atoms with Gasteiger partial charge in [-0.2, -0.15) is 0 Å². The van der Waals surface area contributed by atoms with Crippen LogP contribution in [0.4, 0.5) is 0 Å². The highest BCUT2D eigenvalue weighted by molar-refractivity contribution is 6.30. The molecule has 0 aliphatic rings. The van der Waals surface area contributed by atoms with E-state index in [0.29, 0.717) is 5.02 Å². The van der Waals surface area contributed by atoms with Crippen LogP contribution < -0.4 is 4.74 Å². The van der Waals surface area contributed by atoms with Crippen LogP contribution in [0.15, 0.2) is 54.6 Å². The van der Waals surface area contributed by atoms with Crippen LogP contribution in [0.25, 0.3) is 0 Å². The topological polar surface area (TPSA) is 87.1 Å². The lowest BCUT2D eigenvalue weighted by Crippen LogP contribution is -2.18. The largest absolute Gasteiger partial charge is 0.486 e. The van der Waals surface area contributed by atoms with Gasteiger partial charge < -0.3 is 19.8 Å². The second kappa shape index (κ2) is 11.1. The summed E-state index contributed by atoms with van der Waals surface area (Å²) in [7, 11) is 4.14. The maximum absolute atomic E-state index is 9.10. The highest BCUT2D eigenvalue weighted by atomic mass is 35.5. The Labute approximate surface area is 157 Å². The summed E-state index contributed by atoms with van der Waals surface area (Å²) < 4.78 is 6.12. The Balaban J connectivity index is 0.000000487. The maximum atomic E-state index is 9.10. The van der Waals surface area contributed by atoms with Gasteiger partial charge in [-0.05, 0) is 37.9 Å². The summed E-state index contributed by atoms with van der Waals surface area (Å²) in [5.41, 5.74) is 1.19. The molecule has 0 aromatic heterocycles. The van der Waals surface area contributed by atoms with Crippen molar-refractivity contribution in [1.29, 1.82) is 0 Å². The fourth-order valence-corrected chi connectivity index (χ4v) is 2.22. The molecule has 0 radical (unpaired) electrons. The van der Waals surface area contributed by atoms with Crippen molar-refractivity contribution in [3.63, 3.8) is 0 Å². The molecule has 0 bridgehead atoms. The number of nitrogens with zero attached hydrogens (tertiary/aromatic N) is 1. The summed E-state index contributed by atoms with van der Waals surface area (Å²) in [6, 6.07) is 17.9. The van der Waals surface area contributed by atoms with E-state index >= 15 is 0 Å². The van der Waals surface area contributed by atoms with Gasteiger partial charge in [0.15, 0.2) is 0 Å². The van der Waals surface area contributed by atoms with Crippen molar-refractivity contribution in [2.75, 3.05) is 20.6 Å². The predicted molar refractivity (Wildman–Crippen MR) is 99.7 cm³/mol. The third kappa shape index (κ3) is 8.50. The molecular weight excluding hydrogens is 358 g/mol. The standard InChI is InChI=1S/C17H20ClNO.C2H2O4/c1-19(2)12-11-17(14-7-4-3-5-8-14)20-16-10-6-9-15(18)13-16;3-1(4)2(5)6/h3-10,13,17H,11-12H2,1-2H3;(H,3,4)(H,5,6). The second-order valence-electron chi connectivity index (χ2n) is 5.68. The fraction of sp³-hybridized carbons (Fsp3) is 0.263. The molecule has 1 unspecified atom stereocenters. The zero-order chi connectivity index (χ0) is 19.5. The summed E-state index contributed by atoms with van der Waals surface area (Å²) in [4.78, 5) is 20.4. The molecule has 1 atom stereocenters. The molecule has 140 valence electrons. The van der Waals surface area contributed by atoms with Crippen LogP contribution >= 0.6 is 11.6 Å². The lowest BCUT2D eigenvalue weighted by molar-refractivity contribution is -0.159. The Hall–Kier alpha value is -2.57. The summed E-state index contributed by atoms with van der Waals surface area (Å²) in [5, 5.41) is 15.5. The zero-order valence-electron chi connectivity index (χ0n) is 14.6. The Morgan fingerprint density at radius 3 is 2.15 bits per heavy atom. The van der Waals surface area contributed by atoms with E-state index in [2.05, 4.69) is 31.1 Å². The summed E-state index contributed by atoms with van der Waals surface area (Å²) >= 11 is 6.01. The smallest absolute Gasteiger partial charge is 0.414 e. The van der Waals surface area contributed by atoms with Crippen LogP contribution in [0.5, 0.6) is 5.75 Å². The van der Waals surface area contributed by atoms with Gasteiger partial charge in [0, 0.05) is 18.0 Å². The fourth-order valence-electron chi connectivity index (χ4n) is 2.04. The molecule has 0 aliphatic carbocycles. The van der Waals surface area contributed by atoms with Crippen molar-refractivity contribution in [1.82, 2.24) is 4.90 Å². The van der Waals surface area contributed by atoms with Crippen LogP contribution in [0.1, 0.15) is 18.1 Å². The van der Waals surface area contributed by atoms with Gasteiger partial charge in [0.1, 0.15) is 11.9 Å². The molecule has 2 aromatic carbocycles. The average molecular weight is 380 g/mol. The van der Waals surface area contributed by atoms with Crippen LogP contribution in [-0.4, -0.2) is 47.7 Å². The molecule has 7 heteroatoms. The molecular formula is C19H22ClNO5. The molecule has 2 N–H and O–H groups in total. The van der Waals surface area contributed by atoms with E-state index in [4.69, 9.17) is 36.1 Å². The summed E-state index contributed by atoms with van der Waals surface area (Å²) in [5.74, 6) is -2.84. The molecule has 0 amide bonds. The number of carboxylic acids is 2. The van der Waals surface area contributed by atoms with E-state index in [1.165, 1.54) is 5.56 Å². The molecule has 0 fully saturated rings. The van der Waals surface area contributed by atoms with Crippen LogP contribution in [0.2, 0.25) is 5.02 Å². The minimum absolute atomic E-state index is 0.0390. The number of aliphatic carboxylic acids is 2. The number of rotatable bonds is 6. The van der Waals surface area contributed by atoms with E-state index in [-0.39, 0.29) is 6.10 Å². The van der Waals surface area contributed by atoms with E-state index in [0.717, 1.165) is 18.7 Å². The Bertz CT molecular complexity index is 694. The Morgan fingerprint density at radius 1 is 1.04 bits per heavy atom. The molecule has 0 saturated carbocycles. The first-order valence-corrected chi connectivity index (χ1v) is 8.25. The third-order valence-corrected chi connectivity index (χ3v) is 3.50. The van der Waals surface area contributed by atoms with Gasteiger partial charge >= 0.3 is 11.9 Å². The molecule has 6 nitrogen and oxygen atoms in total. The van der Waals surface area contributed by atoms with E-state index in [1.54, 1.807) is 0 Å². The van der Waals surface area contributed by atoms with Crippen molar-refractivity contribution in [3.05, 3.63) is 65.2 Å². The van der Waals surface area contributed by atoms with Crippen LogP contribution in [0.3, 0.4) is 0 Å². The lowest BCUT2D eigenvalue weighted by atomic mass is 10.1. The lowest BCUT2D eigenvalue weighted by Gasteiger charge is -2.21. The quantitative estimate of drug-likeness (QED) is 0.746. The number of hydrogen-bond acceptors (Lipinski definition) is 4. The van der Waals surface area contributed by atoms with Gasteiger partial charge in [0.05, 0.1) is 0 Å². The van der Waals surface area contributed by atoms with E-state index in [1.807, 2.05) is 42.5 Å². The van der Waals surface area contributed by atoms with Gasteiger partial charge in [0.2, 0.25) is 0 Å². The normalized spacial score (nSPS) is 11.2. The Morgan fingerprint density at radius 2 is 1.65 bits per heavy atom.